The van der Waals surface area contributed by atoms with Crippen molar-refractivity contribution >= 4 is 34.3 Å². The molecule has 2 heterocycles. The average molecular weight is 385 g/mol. The number of nitrogens with zero attached hydrogens (tertiary/aromatic N) is 2. The molecule has 2 N–H and O–H groups in total. The van der Waals surface area contributed by atoms with E-state index in [9.17, 15) is 19.2 Å². The second-order valence-corrected chi connectivity index (χ2v) is 6.41. The molecule has 0 atom stereocenters. The number of carbonyl (C=O) groups excluding carboxylic acids is 1. The van der Waals surface area contributed by atoms with Crippen LogP contribution in [0.1, 0.15) is 41.4 Å². The number of nitrogens with one attached hydrogen (secondary N) is 2. The largest absolute Gasteiger partial charge is 0.353 e. The number of hydrogen-bond donors (Lipinski definition) is 2. The zero-order chi connectivity index (χ0) is 19.6. The van der Waals surface area contributed by atoms with Crippen LogP contribution < -0.4 is 10.9 Å². The second-order valence-electron chi connectivity index (χ2n) is 5.92. The molecule has 0 unspecified atom stereocenters. The molecule has 2 aromatic heterocycles. The molecule has 0 radical (unpaired) electrons. The SMILES string of the molecule is CC(=O)c1cnccc1Nc1cc(C2=C(F)CCC(Cl)=C2)c(=O)[nH]c1C#N. The number of H-pyrrole nitrogens is 1. The maximum Gasteiger partial charge on any atom is 0.257 e. The Morgan fingerprint density at radius 1 is 1.41 bits per heavy atom. The standard InChI is InChI=1S/C19H14ClFN4O2/c1-10(26)14-9-23-5-4-16(14)24-17-7-13(19(27)25-18(17)8-22)12-6-11(20)2-3-15(12)21/h4-7,9H,2-3H2,1H3,(H,23,24)(H,25,27). The van der Waals surface area contributed by atoms with Crippen LogP contribution in [0.3, 0.4) is 0 Å². The van der Waals surface area contributed by atoms with Crippen LogP contribution in [0.4, 0.5) is 15.8 Å². The monoisotopic (exact) mass is 384 g/mol. The minimum absolute atomic E-state index is 0.0399. The number of carbonyl (C=O) groups is 1. The number of halogens is 2. The first-order valence-electron chi connectivity index (χ1n) is 8.05. The van der Waals surface area contributed by atoms with Gasteiger partial charge in [-0.25, -0.2) is 4.39 Å². The molecule has 0 saturated heterocycles. The van der Waals surface area contributed by atoms with E-state index in [1.807, 2.05) is 6.07 Å². The fourth-order valence-electron chi connectivity index (χ4n) is 2.74. The van der Waals surface area contributed by atoms with Crippen molar-refractivity contribution in [2.75, 3.05) is 5.32 Å². The lowest BCUT2D eigenvalue weighted by molar-refractivity contribution is 0.101. The molecule has 0 saturated carbocycles. The van der Waals surface area contributed by atoms with Crippen molar-refractivity contribution < 1.29 is 9.18 Å². The lowest BCUT2D eigenvalue weighted by Gasteiger charge is -2.15. The van der Waals surface area contributed by atoms with Crippen LogP contribution in [0.15, 0.2) is 46.3 Å². The summed E-state index contributed by atoms with van der Waals surface area (Å²) in [5, 5.41) is 12.7. The summed E-state index contributed by atoms with van der Waals surface area (Å²) in [6, 6.07) is 4.83. The highest BCUT2D eigenvalue weighted by molar-refractivity contribution is 6.30. The zero-order valence-corrected chi connectivity index (χ0v) is 15.0. The summed E-state index contributed by atoms with van der Waals surface area (Å²) in [5.74, 6) is -0.668. The molecule has 27 heavy (non-hydrogen) atoms. The number of aromatic amines is 1. The number of rotatable bonds is 4. The molecule has 6 nitrogen and oxygen atoms in total. The summed E-state index contributed by atoms with van der Waals surface area (Å²) < 4.78 is 14.3. The molecular weight excluding hydrogens is 371 g/mol. The van der Waals surface area contributed by atoms with Crippen LogP contribution in [-0.4, -0.2) is 15.8 Å². The second kappa shape index (κ2) is 7.56. The van der Waals surface area contributed by atoms with Crippen molar-refractivity contribution in [2.24, 2.45) is 0 Å². The number of anilines is 2. The van der Waals surface area contributed by atoms with Gasteiger partial charge in [0.2, 0.25) is 0 Å². The molecule has 1 aliphatic carbocycles. The number of ketones is 1. The number of allylic oxidation sites excluding steroid dienone is 4. The maximum atomic E-state index is 14.3. The van der Waals surface area contributed by atoms with Crippen molar-refractivity contribution in [3.8, 4) is 6.07 Å². The van der Waals surface area contributed by atoms with Gasteiger partial charge in [0.15, 0.2) is 5.78 Å². The van der Waals surface area contributed by atoms with Crippen LogP contribution in [0.25, 0.3) is 5.57 Å². The minimum Gasteiger partial charge on any atom is -0.353 e. The van der Waals surface area contributed by atoms with E-state index in [1.54, 1.807) is 6.07 Å². The van der Waals surface area contributed by atoms with E-state index in [-0.39, 0.29) is 34.7 Å². The molecule has 0 spiro atoms. The predicted octanol–water partition coefficient (Wildman–Crippen LogP) is 4.18. The van der Waals surface area contributed by atoms with Crippen molar-refractivity contribution in [3.63, 3.8) is 0 Å². The van der Waals surface area contributed by atoms with E-state index in [1.165, 1.54) is 31.5 Å². The molecule has 136 valence electrons. The fraction of sp³-hybridized carbons (Fsp3) is 0.158. The summed E-state index contributed by atoms with van der Waals surface area (Å²) in [5.41, 5.74) is 0.454. The Kier molecular flexibility index (Phi) is 5.19. The molecular formula is C19H14ClFN4O2. The smallest absolute Gasteiger partial charge is 0.257 e. The van der Waals surface area contributed by atoms with Crippen molar-refractivity contribution in [1.82, 2.24) is 9.97 Å². The molecule has 0 bridgehead atoms. The predicted molar refractivity (Wildman–Crippen MR) is 100 cm³/mol. The molecule has 0 aliphatic heterocycles. The summed E-state index contributed by atoms with van der Waals surface area (Å²) in [7, 11) is 0. The quantitative estimate of drug-likeness (QED) is 0.770. The van der Waals surface area contributed by atoms with Crippen LogP contribution in [-0.2, 0) is 0 Å². The number of nitriles is 1. The van der Waals surface area contributed by atoms with Gasteiger partial charge in [0.1, 0.15) is 17.6 Å². The van der Waals surface area contributed by atoms with E-state index < -0.39 is 11.4 Å². The molecule has 0 aromatic carbocycles. The first-order chi connectivity index (χ1) is 12.9. The molecule has 3 rings (SSSR count). The zero-order valence-electron chi connectivity index (χ0n) is 14.3. The van der Waals surface area contributed by atoms with Crippen molar-refractivity contribution in [1.29, 1.82) is 5.26 Å². The minimum atomic E-state index is -0.605. The summed E-state index contributed by atoms with van der Waals surface area (Å²) in [4.78, 5) is 30.5. The Morgan fingerprint density at radius 2 is 2.19 bits per heavy atom. The maximum absolute atomic E-state index is 14.3. The number of pyridine rings is 2. The number of hydrogen-bond acceptors (Lipinski definition) is 5. The Balaban J connectivity index is 2.14. The number of aromatic nitrogens is 2. The topological polar surface area (TPSA) is 98.6 Å². The third-order valence-corrected chi connectivity index (χ3v) is 4.39. The Bertz CT molecular complexity index is 1100. The first kappa shape index (κ1) is 18.5. The van der Waals surface area contributed by atoms with Crippen LogP contribution in [0, 0.1) is 11.3 Å². The van der Waals surface area contributed by atoms with Gasteiger partial charge in [0.05, 0.1) is 22.5 Å². The van der Waals surface area contributed by atoms with E-state index in [0.29, 0.717) is 22.7 Å². The Labute approximate surface area is 159 Å². The highest BCUT2D eigenvalue weighted by Crippen LogP contribution is 2.33. The van der Waals surface area contributed by atoms with E-state index in [0.717, 1.165) is 0 Å². The Hall–Kier alpha value is -3.24. The van der Waals surface area contributed by atoms with Gasteiger partial charge in [-0.05, 0) is 31.6 Å². The summed E-state index contributed by atoms with van der Waals surface area (Å²) in [6.07, 6.45) is 4.77. The normalized spacial score (nSPS) is 13.8. The van der Waals surface area contributed by atoms with Gasteiger partial charge < -0.3 is 10.3 Å². The molecule has 1 aliphatic rings. The first-order valence-corrected chi connectivity index (χ1v) is 8.43. The molecule has 0 fully saturated rings. The van der Waals surface area contributed by atoms with Crippen LogP contribution in [0.2, 0.25) is 0 Å². The van der Waals surface area contributed by atoms with Gasteiger partial charge in [0, 0.05) is 29.4 Å². The number of Topliss-reactive ketones (excluding diaryl/α,β-unsaturated/α-hetero) is 1. The average Bonchev–Trinajstić information content (AvgIpc) is 2.65. The van der Waals surface area contributed by atoms with Crippen molar-refractivity contribution in [2.45, 2.75) is 19.8 Å². The highest BCUT2D eigenvalue weighted by Gasteiger charge is 2.19. The third kappa shape index (κ3) is 3.81. The molecule has 2 aromatic rings. The van der Waals surface area contributed by atoms with Gasteiger partial charge in [0.25, 0.3) is 5.56 Å². The van der Waals surface area contributed by atoms with Gasteiger partial charge in [-0.15, -0.1) is 0 Å². The van der Waals surface area contributed by atoms with E-state index >= 15 is 0 Å². The Morgan fingerprint density at radius 3 is 2.89 bits per heavy atom. The van der Waals surface area contributed by atoms with Crippen molar-refractivity contribution in [3.05, 3.63) is 68.6 Å². The fourth-order valence-corrected chi connectivity index (χ4v) is 2.94. The summed E-state index contributed by atoms with van der Waals surface area (Å²) >= 11 is 6.00. The van der Waals surface area contributed by atoms with Gasteiger partial charge in [-0.1, -0.05) is 11.6 Å². The lowest BCUT2D eigenvalue weighted by Crippen LogP contribution is -2.16. The third-order valence-electron chi connectivity index (χ3n) is 4.09. The van der Waals surface area contributed by atoms with Gasteiger partial charge >= 0.3 is 0 Å². The highest BCUT2D eigenvalue weighted by atomic mass is 35.5. The summed E-state index contributed by atoms with van der Waals surface area (Å²) in [6.45, 7) is 1.39. The molecule has 0 amide bonds. The van der Waals surface area contributed by atoms with Gasteiger partial charge in [-0.3, -0.25) is 14.6 Å². The molecule has 8 heteroatoms. The van der Waals surface area contributed by atoms with Crippen LogP contribution in [0.5, 0.6) is 0 Å². The lowest BCUT2D eigenvalue weighted by atomic mass is 9.98. The van der Waals surface area contributed by atoms with E-state index in [2.05, 4.69) is 15.3 Å². The van der Waals surface area contributed by atoms with Gasteiger partial charge in [-0.2, -0.15) is 5.26 Å². The van der Waals surface area contributed by atoms with Crippen LogP contribution >= 0.6 is 11.6 Å². The van der Waals surface area contributed by atoms with E-state index in [4.69, 9.17) is 11.6 Å².